The largest absolute Gasteiger partial charge is 0.481 e. The van der Waals surface area contributed by atoms with Gasteiger partial charge in [0.25, 0.3) is 0 Å². The molecule has 1 aliphatic carbocycles. The molecule has 0 aromatic heterocycles. The van der Waals surface area contributed by atoms with Gasteiger partial charge in [-0.1, -0.05) is 33.6 Å². The number of carboxylic acid groups (broad SMARTS) is 1. The molecule has 0 aromatic rings. The van der Waals surface area contributed by atoms with Gasteiger partial charge >= 0.3 is 5.97 Å². The first-order valence-corrected chi connectivity index (χ1v) is 5.85. The molecule has 92 valence electrons. The van der Waals surface area contributed by atoms with E-state index in [4.69, 9.17) is 5.11 Å². The molecule has 2 N–H and O–H groups in total. The van der Waals surface area contributed by atoms with Crippen LogP contribution in [0.2, 0.25) is 0 Å². The molecule has 16 heavy (non-hydrogen) atoms. The van der Waals surface area contributed by atoms with E-state index in [1.54, 1.807) is 20.8 Å². The Morgan fingerprint density at radius 2 is 1.75 bits per heavy atom. The fourth-order valence-electron chi connectivity index (χ4n) is 2.23. The minimum atomic E-state index is -1.04. The number of carbonyl (C=O) groups is 2. The molecule has 1 amide bonds. The molecule has 1 fully saturated rings. The number of hydrogen-bond donors (Lipinski definition) is 2. The van der Waals surface area contributed by atoms with Crippen LogP contribution in [0.3, 0.4) is 0 Å². The van der Waals surface area contributed by atoms with Crippen molar-refractivity contribution in [3.05, 3.63) is 0 Å². The summed E-state index contributed by atoms with van der Waals surface area (Å²) >= 11 is 0. The van der Waals surface area contributed by atoms with Crippen LogP contribution in [0.15, 0.2) is 0 Å². The lowest BCUT2D eigenvalue weighted by molar-refractivity contribution is -0.151. The predicted molar refractivity (Wildman–Crippen MR) is 61.0 cm³/mol. The summed E-state index contributed by atoms with van der Waals surface area (Å²) in [5.41, 5.74) is -0.547. The highest BCUT2D eigenvalue weighted by Crippen LogP contribution is 2.27. The molecule has 1 aliphatic rings. The molecule has 0 spiro atoms. The minimum Gasteiger partial charge on any atom is -0.481 e. The summed E-state index contributed by atoms with van der Waals surface area (Å²) in [6.45, 7) is 5.33. The van der Waals surface area contributed by atoms with E-state index in [2.05, 4.69) is 5.32 Å². The van der Waals surface area contributed by atoms with Crippen molar-refractivity contribution in [1.82, 2.24) is 5.32 Å². The number of nitrogens with one attached hydrogen (secondary N) is 1. The van der Waals surface area contributed by atoms with E-state index < -0.39 is 17.3 Å². The lowest BCUT2D eigenvalue weighted by Crippen LogP contribution is -2.45. The first-order chi connectivity index (χ1) is 7.32. The van der Waals surface area contributed by atoms with Crippen molar-refractivity contribution in [2.75, 3.05) is 0 Å². The lowest BCUT2D eigenvalue weighted by Gasteiger charge is -2.27. The van der Waals surface area contributed by atoms with Crippen molar-refractivity contribution in [3.63, 3.8) is 0 Å². The van der Waals surface area contributed by atoms with Crippen LogP contribution in [0.25, 0.3) is 0 Å². The van der Waals surface area contributed by atoms with Gasteiger partial charge in [-0.05, 0) is 18.3 Å². The summed E-state index contributed by atoms with van der Waals surface area (Å²) in [6, 6.07) is 0.177. The summed E-state index contributed by atoms with van der Waals surface area (Å²) < 4.78 is 0. The lowest BCUT2D eigenvalue weighted by atomic mass is 9.80. The van der Waals surface area contributed by atoms with Gasteiger partial charge in [0.2, 0.25) is 5.91 Å². The Kier molecular flexibility index (Phi) is 3.94. The van der Waals surface area contributed by atoms with Crippen LogP contribution >= 0.6 is 0 Å². The fraction of sp³-hybridized carbons (Fsp3) is 0.833. The highest BCUT2D eigenvalue weighted by molar-refractivity contribution is 5.97. The van der Waals surface area contributed by atoms with E-state index in [-0.39, 0.29) is 11.9 Å². The van der Waals surface area contributed by atoms with Crippen LogP contribution in [0.5, 0.6) is 0 Å². The third-order valence-corrected chi connectivity index (χ3v) is 3.08. The predicted octanol–water partition coefficient (Wildman–Crippen LogP) is 1.79. The van der Waals surface area contributed by atoms with Gasteiger partial charge in [-0.15, -0.1) is 0 Å². The van der Waals surface area contributed by atoms with Crippen LogP contribution < -0.4 is 5.32 Å². The first kappa shape index (κ1) is 13.0. The molecule has 0 bridgehead atoms. The molecule has 1 atom stereocenters. The maximum atomic E-state index is 11.9. The monoisotopic (exact) mass is 227 g/mol. The number of amides is 1. The van der Waals surface area contributed by atoms with Gasteiger partial charge in [0, 0.05) is 6.04 Å². The summed E-state index contributed by atoms with van der Waals surface area (Å²) in [7, 11) is 0. The number of aliphatic carboxylic acids is 1. The molecule has 1 rings (SSSR count). The smallest absolute Gasteiger partial charge is 0.316 e. The number of rotatable bonds is 3. The maximum absolute atomic E-state index is 11.9. The third-order valence-electron chi connectivity index (χ3n) is 3.08. The molecule has 1 saturated carbocycles. The van der Waals surface area contributed by atoms with Crippen LogP contribution in [0, 0.1) is 11.3 Å². The Balaban J connectivity index is 2.64. The van der Waals surface area contributed by atoms with E-state index in [1.807, 2.05) is 0 Å². The van der Waals surface area contributed by atoms with Gasteiger partial charge in [0.15, 0.2) is 0 Å². The highest BCUT2D eigenvalue weighted by Gasteiger charge is 2.38. The molecular formula is C12H21NO3. The van der Waals surface area contributed by atoms with Crippen LogP contribution in [-0.4, -0.2) is 23.0 Å². The Hall–Kier alpha value is -1.06. The molecule has 0 radical (unpaired) electrons. The van der Waals surface area contributed by atoms with Crippen molar-refractivity contribution in [3.8, 4) is 0 Å². The molecule has 0 aromatic carbocycles. The van der Waals surface area contributed by atoms with Gasteiger partial charge < -0.3 is 10.4 Å². The molecule has 1 unspecified atom stereocenters. The van der Waals surface area contributed by atoms with E-state index in [0.717, 1.165) is 25.7 Å². The van der Waals surface area contributed by atoms with Gasteiger partial charge in [-0.3, -0.25) is 9.59 Å². The summed E-state index contributed by atoms with van der Waals surface area (Å²) in [4.78, 5) is 23.0. The van der Waals surface area contributed by atoms with Crippen molar-refractivity contribution < 1.29 is 14.7 Å². The van der Waals surface area contributed by atoms with Crippen LogP contribution in [0.4, 0.5) is 0 Å². The Labute approximate surface area is 96.4 Å². The Morgan fingerprint density at radius 3 is 2.12 bits per heavy atom. The standard InChI is InChI=1S/C12H21NO3/c1-12(2,3)9(11(15)16)10(14)13-8-6-4-5-7-8/h8-9H,4-7H2,1-3H3,(H,13,14)(H,15,16). The minimum absolute atomic E-state index is 0.177. The molecule has 4 heteroatoms. The molecule has 0 saturated heterocycles. The second-order valence-electron chi connectivity index (χ2n) is 5.63. The second-order valence-corrected chi connectivity index (χ2v) is 5.63. The zero-order valence-electron chi connectivity index (χ0n) is 10.2. The highest BCUT2D eigenvalue weighted by atomic mass is 16.4. The van der Waals surface area contributed by atoms with Gasteiger partial charge in [-0.2, -0.15) is 0 Å². The zero-order chi connectivity index (χ0) is 12.3. The Morgan fingerprint density at radius 1 is 1.25 bits per heavy atom. The normalized spacial score (nSPS) is 19.4. The van der Waals surface area contributed by atoms with E-state index >= 15 is 0 Å². The van der Waals surface area contributed by atoms with Gasteiger partial charge in [-0.25, -0.2) is 0 Å². The Bertz CT molecular complexity index is 274. The maximum Gasteiger partial charge on any atom is 0.316 e. The number of hydrogen-bond acceptors (Lipinski definition) is 2. The molecular weight excluding hydrogens is 206 g/mol. The van der Waals surface area contributed by atoms with Crippen molar-refractivity contribution in [2.45, 2.75) is 52.5 Å². The number of carboxylic acids is 1. The second kappa shape index (κ2) is 4.85. The quantitative estimate of drug-likeness (QED) is 0.722. The SMILES string of the molecule is CC(C)(C)C(C(=O)O)C(=O)NC1CCCC1. The third kappa shape index (κ3) is 3.22. The van der Waals surface area contributed by atoms with E-state index in [1.165, 1.54) is 0 Å². The summed E-state index contributed by atoms with van der Waals surface area (Å²) in [6.07, 6.45) is 4.20. The topological polar surface area (TPSA) is 66.4 Å². The van der Waals surface area contributed by atoms with Crippen LogP contribution in [0.1, 0.15) is 46.5 Å². The van der Waals surface area contributed by atoms with E-state index in [9.17, 15) is 9.59 Å². The van der Waals surface area contributed by atoms with Gasteiger partial charge in [0.05, 0.1) is 0 Å². The fourth-order valence-corrected chi connectivity index (χ4v) is 2.23. The average molecular weight is 227 g/mol. The van der Waals surface area contributed by atoms with Gasteiger partial charge in [0.1, 0.15) is 5.92 Å². The first-order valence-electron chi connectivity index (χ1n) is 5.85. The van der Waals surface area contributed by atoms with Crippen LogP contribution in [-0.2, 0) is 9.59 Å². The van der Waals surface area contributed by atoms with Crippen molar-refractivity contribution in [2.24, 2.45) is 11.3 Å². The van der Waals surface area contributed by atoms with Crippen molar-refractivity contribution >= 4 is 11.9 Å². The summed E-state index contributed by atoms with van der Waals surface area (Å²) in [5, 5.41) is 11.9. The number of carbonyl (C=O) groups excluding carboxylic acids is 1. The van der Waals surface area contributed by atoms with E-state index in [0.29, 0.717) is 0 Å². The van der Waals surface area contributed by atoms with Crippen molar-refractivity contribution in [1.29, 1.82) is 0 Å². The molecule has 0 aliphatic heterocycles. The molecule has 4 nitrogen and oxygen atoms in total. The summed E-state index contributed by atoms with van der Waals surface area (Å²) in [5.74, 6) is -2.34. The molecule has 0 heterocycles. The zero-order valence-corrected chi connectivity index (χ0v) is 10.2. The average Bonchev–Trinajstić information content (AvgIpc) is 2.52.